The van der Waals surface area contributed by atoms with Crippen molar-refractivity contribution in [2.24, 2.45) is 5.73 Å². The third-order valence-corrected chi connectivity index (χ3v) is 3.06. The third-order valence-electron chi connectivity index (χ3n) is 3.06. The summed E-state index contributed by atoms with van der Waals surface area (Å²) in [5.74, 6) is -0.292. The highest BCUT2D eigenvalue weighted by Crippen LogP contribution is 2.22. The van der Waals surface area contributed by atoms with Crippen LogP contribution in [0.1, 0.15) is 18.0 Å². The Hall–Kier alpha value is -1.84. The lowest BCUT2D eigenvalue weighted by Gasteiger charge is -2.11. The van der Waals surface area contributed by atoms with Gasteiger partial charge in [-0.3, -0.25) is 4.79 Å². The number of hydrogen-bond acceptors (Lipinski definition) is 3. The summed E-state index contributed by atoms with van der Waals surface area (Å²) >= 11 is 0. The first kappa shape index (κ1) is 16.2. The van der Waals surface area contributed by atoms with Gasteiger partial charge in [0.15, 0.2) is 0 Å². The normalized spacial score (nSPS) is 11.3. The summed E-state index contributed by atoms with van der Waals surface area (Å²) < 4.78 is 4.62. The van der Waals surface area contributed by atoms with Crippen molar-refractivity contribution in [2.45, 2.75) is 12.5 Å². The van der Waals surface area contributed by atoms with Crippen LogP contribution in [0.25, 0.3) is 11.1 Å². The first-order valence-corrected chi connectivity index (χ1v) is 6.18. The lowest BCUT2D eigenvalue weighted by Crippen LogP contribution is -2.16. The number of nitrogens with two attached hydrogens (primary N) is 1. The molecule has 0 heterocycles. The first-order valence-electron chi connectivity index (χ1n) is 6.18. The maximum absolute atomic E-state index is 11.2. The van der Waals surface area contributed by atoms with Crippen LogP contribution in [-0.2, 0) is 9.53 Å². The number of carbonyl (C=O) groups is 1. The molecule has 20 heavy (non-hydrogen) atoms. The molecule has 0 aliphatic carbocycles. The standard InChI is InChI=1S/C16H17NO2.ClH/c1-19-16(18)11-15(17)14-9-7-13(8-10-14)12-5-3-2-4-6-12;/h2-10,15H,11,17H2,1H3;1H/t15-;/m1./s1. The van der Waals surface area contributed by atoms with E-state index in [1.165, 1.54) is 7.11 Å². The van der Waals surface area contributed by atoms with Crippen LogP contribution >= 0.6 is 12.4 Å². The molecule has 2 aromatic rings. The lowest BCUT2D eigenvalue weighted by molar-refractivity contribution is -0.141. The molecule has 0 saturated carbocycles. The summed E-state index contributed by atoms with van der Waals surface area (Å²) in [6.45, 7) is 0. The lowest BCUT2D eigenvalue weighted by atomic mass is 10.00. The molecule has 3 nitrogen and oxygen atoms in total. The molecule has 0 fully saturated rings. The van der Waals surface area contributed by atoms with Gasteiger partial charge in [-0.2, -0.15) is 0 Å². The molecule has 2 N–H and O–H groups in total. The number of ether oxygens (including phenoxy) is 1. The van der Waals surface area contributed by atoms with E-state index >= 15 is 0 Å². The van der Waals surface area contributed by atoms with Gasteiger partial charge in [-0.05, 0) is 16.7 Å². The average Bonchev–Trinajstić information content (AvgIpc) is 2.48. The predicted octanol–water partition coefficient (Wildman–Crippen LogP) is 3.34. The number of halogens is 1. The first-order chi connectivity index (χ1) is 9.20. The van der Waals surface area contributed by atoms with E-state index in [4.69, 9.17) is 5.73 Å². The largest absolute Gasteiger partial charge is 0.469 e. The van der Waals surface area contributed by atoms with Crippen LogP contribution in [0.4, 0.5) is 0 Å². The number of carbonyl (C=O) groups excluding carboxylic acids is 1. The Bertz CT molecular complexity index is 540. The van der Waals surface area contributed by atoms with Crippen molar-refractivity contribution in [1.82, 2.24) is 0 Å². The monoisotopic (exact) mass is 291 g/mol. The highest BCUT2D eigenvalue weighted by Gasteiger charge is 2.11. The van der Waals surface area contributed by atoms with Crippen LogP contribution in [-0.4, -0.2) is 13.1 Å². The van der Waals surface area contributed by atoms with Gasteiger partial charge in [-0.15, -0.1) is 12.4 Å². The van der Waals surface area contributed by atoms with Crippen molar-refractivity contribution in [3.63, 3.8) is 0 Å². The van der Waals surface area contributed by atoms with E-state index in [0.717, 1.165) is 16.7 Å². The third kappa shape index (κ3) is 4.08. The van der Waals surface area contributed by atoms with E-state index in [2.05, 4.69) is 16.9 Å². The van der Waals surface area contributed by atoms with E-state index < -0.39 is 0 Å². The van der Waals surface area contributed by atoms with Crippen molar-refractivity contribution < 1.29 is 9.53 Å². The number of benzene rings is 2. The Morgan fingerprint density at radius 3 is 2.15 bits per heavy atom. The zero-order valence-electron chi connectivity index (χ0n) is 11.3. The second-order valence-electron chi connectivity index (χ2n) is 4.37. The Balaban J connectivity index is 0.00000200. The van der Waals surface area contributed by atoms with Gasteiger partial charge in [0, 0.05) is 6.04 Å². The maximum Gasteiger partial charge on any atom is 0.307 e. The molecule has 106 valence electrons. The molecule has 4 heteroatoms. The second-order valence-corrected chi connectivity index (χ2v) is 4.37. The van der Waals surface area contributed by atoms with Gasteiger partial charge < -0.3 is 10.5 Å². The molecule has 0 spiro atoms. The highest BCUT2D eigenvalue weighted by atomic mass is 35.5. The summed E-state index contributed by atoms with van der Waals surface area (Å²) in [4.78, 5) is 11.2. The fourth-order valence-electron chi connectivity index (χ4n) is 1.93. The van der Waals surface area contributed by atoms with Crippen LogP contribution in [0.3, 0.4) is 0 Å². The van der Waals surface area contributed by atoms with Crippen molar-refractivity contribution >= 4 is 18.4 Å². The molecular weight excluding hydrogens is 274 g/mol. The fourth-order valence-corrected chi connectivity index (χ4v) is 1.93. The Labute approximate surface area is 125 Å². The molecule has 0 radical (unpaired) electrons. The summed E-state index contributed by atoms with van der Waals surface area (Å²) in [7, 11) is 1.37. The van der Waals surface area contributed by atoms with E-state index in [1.54, 1.807) is 0 Å². The van der Waals surface area contributed by atoms with Crippen LogP contribution in [0, 0.1) is 0 Å². The van der Waals surface area contributed by atoms with Crippen molar-refractivity contribution in [2.75, 3.05) is 7.11 Å². The zero-order valence-corrected chi connectivity index (χ0v) is 12.1. The van der Waals surface area contributed by atoms with Crippen molar-refractivity contribution in [3.8, 4) is 11.1 Å². The van der Waals surface area contributed by atoms with Crippen LogP contribution in [0.2, 0.25) is 0 Å². The van der Waals surface area contributed by atoms with Crippen LogP contribution in [0.5, 0.6) is 0 Å². The fraction of sp³-hybridized carbons (Fsp3) is 0.188. The summed E-state index contributed by atoms with van der Waals surface area (Å²) in [5.41, 5.74) is 9.19. The second kappa shape index (κ2) is 7.68. The quantitative estimate of drug-likeness (QED) is 0.879. The molecule has 1 atom stereocenters. The Morgan fingerprint density at radius 1 is 1.05 bits per heavy atom. The summed E-state index contributed by atoms with van der Waals surface area (Å²) in [5, 5.41) is 0. The molecular formula is C16H18ClNO2. The molecule has 0 amide bonds. The average molecular weight is 292 g/mol. The molecule has 0 saturated heterocycles. The minimum Gasteiger partial charge on any atom is -0.469 e. The van der Waals surface area contributed by atoms with E-state index in [0.29, 0.717) is 0 Å². The van der Waals surface area contributed by atoms with Gasteiger partial charge in [-0.25, -0.2) is 0 Å². The minimum absolute atomic E-state index is 0. The van der Waals surface area contributed by atoms with E-state index in [1.807, 2.05) is 42.5 Å². The predicted molar refractivity (Wildman–Crippen MR) is 82.7 cm³/mol. The smallest absolute Gasteiger partial charge is 0.307 e. The number of rotatable bonds is 4. The summed E-state index contributed by atoms with van der Waals surface area (Å²) in [6.07, 6.45) is 0.196. The SMILES string of the molecule is COC(=O)C[C@@H](N)c1ccc(-c2ccccc2)cc1.Cl. The van der Waals surface area contributed by atoms with Gasteiger partial charge >= 0.3 is 5.97 Å². The van der Waals surface area contributed by atoms with Gasteiger partial charge in [-0.1, -0.05) is 54.6 Å². The van der Waals surface area contributed by atoms with Crippen LogP contribution < -0.4 is 5.73 Å². The molecule has 0 bridgehead atoms. The topological polar surface area (TPSA) is 52.3 Å². The van der Waals surface area contributed by atoms with Gasteiger partial charge in [0.05, 0.1) is 13.5 Å². The maximum atomic E-state index is 11.2. The van der Waals surface area contributed by atoms with Crippen LogP contribution in [0.15, 0.2) is 54.6 Å². The molecule has 0 unspecified atom stereocenters. The Morgan fingerprint density at radius 2 is 1.60 bits per heavy atom. The molecule has 0 aliphatic rings. The van der Waals surface area contributed by atoms with Crippen molar-refractivity contribution in [3.05, 3.63) is 60.2 Å². The highest BCUT2D eigenvalue weighted by molar-refractivity contribution is 5.85. The molecule has 0 aromatic heterocycles. The number of methoxy groups -OCH3 is 1. The minimum atomic E-state index is -0.322. The van der Waals surface area contributed by atoms with Gasteiger partial charge in [0.1, 0.15) is 0 Å². The number of esters is 1. The van der Waals surface area contributed by atoms with E-state index in [-0.39, 0.29) is 30.8 Å². The zero-order chi connectivity index (χ0) is 13.7. The van der Waals surface area contributed by atoms with Crippen molar-refractivity contribution in [1.29, 1.82) is 0 Å². The van der Waals surface area contributed by atoms with Gasteiger partial charge in [0.25, 0.3) is 0 Å². The van der Waals surface area contributed by atoms with Gasteiger partial charge in [0.2, 0.25) is 0 Å². The van der Waals surface area contributed by atoms with E-state index in [9.17, 15) is 4.79 Å². The molecule has 2 rings (SSSR count). The molecule has 2 aromatic carbocycles. The summed E-state index contributed by atoms with van der Waals surface area (Å²) in [6, 6.07) is 17.7. The Kier molecular flexibility index (Phi) is 6.22. The molecule has 0 aliphatic heterocycles. The number of hydrogen-bond donors (Lipinski definition) is 1.